The standard InChI is InChI=1S/C22H22N4O/c27-21(26-14-12-18-10-4-5-11-20(18)26)19-15-24-22(25-16-19)23-13-6-9-17-7-2-1-3-8-17/h1-5,7-8,10-11,15-16H,6,9,12-14H2,(H,23,24,25). The number of carbonyl (C=O) groups excluding carboxylic acids is 1. The first-order valence-corrected chi connectivity index (χ1v) is 9.31. The van der Waals surface area contributed by atoms with Crippen molar-refractivity contribution in [3.05, 3.63) is 83.7 Å². The number of para-hydroxylation sites is 1. The first kappa shape index (κ1) is 17.2. The Hall–Kier alpha value is -3.21. The molecule has 2 heterocycles. The van der Waals surface area contributed by atoms with Crippen LogP contribution in [0, 0.1) is 0 Å². The number of aryl methyl sites for hydroxylation is 1. The van der Waals surface area contributed by atoms with E-state index in [1.807, 2.05) is 24.3 Å². The Morgan fingerprint density at radius 2 is 1.74 bits per heavy atom. The van der Waals surface area contributed by atoms with E-state index in [2.05, 4.69) is 45.6 Å². The summed E-state index contributed by atoms with van der Waals surface area (Å²) in [5.74, 6) is 0.511. The molecule has 0 bridgehead atoms. The molecule has 0 unspecified atom stereocenters. The van der Waals surface area contributed by atoms with Crippen molar-refractivity contribution in [2.45, 2.75) is 19.3 Å². The molecular weight excluding hydrogens is 336 g/mol. The second kappa shape index (κ2) is 7.99. The van der Waals surface area contributed by atoms with E-state index in [9.17, 15) is 4.79 Å². The van der Waals surface area contributed by atoms with Crippen LogP contribution in [0.2, 0.25) is 0 Å². The summed E-state index contributed by atoms with van der Waals surface area (Å²) in [6, 6.07) is 18.4. The third-order valence-electron chi connectivity index (χ3n) is 4.80. The van der Waals surface area contributed by atoms with E-state index in [0.29, 0.717) is 18.1 Å². The highest BCUT2D eigenvalue weighted by Crippen LogP contribution is 2.28. The predicted octanol–water partition coefficient (Wildman–Crippen LogP) is 3.72. The maximum atomic E-state index is 12.8. The summed E-state index contributed by atoms with van der Waals surface area (Å²) in [6.07, 6.45) is 6.12. The van der Waals surface area contributed by atoms with E-state index >= 15 is 0 Å². The highest BCUT2D eigenvalue weighted by Gasteiger charge is 2.25. The fourth-order valence-corrected chi connectivity index (χ4v) is 3.37. The third-order valence-corrected chi connectivity index (χ3v) is 4.80. The van der Waals surface area contributed by atoms with Crippen LogP contribution >= 0.6 is 0 Å². The smallest absolute Gasteiger partial charge is 0.261 e. The molecule has 0 saturated heterocycles. The monoisotopic (exact) mass is 358 g/mol. The zero-order chi connectivity index (χ0) is 18.5. The second-order valence-corrected chi connectivity index (χ2v) is 6.65. The molecule has 0 atom stereocenters. The Morgan fingerprint density at radius 1 is 1.00 bits per heavy atom. The van der Waals surface area contributed by atoms with Crippen LogP contribution in [0.5, 0.6) is 0 Å². The van der Waals surface area contributed by atoms with E-state index in [4.69, 9.17) is 0 Å². The van der Waals surface area contributed by atoms with Gasteiger partial charge in [0, 0.05) is 31.2 Å². The van der Waals surface area contributed by atoms with Crippen LogP contribution < -0.4 is 10.2 Å². The Labute approximate surface area is 159 Å². The summed E-state index contributed by atoms with van der Waals surface area (Å²) < 4.78 is 0. The van der Waals surface area contributed by atoms with Crippen LogP contribution in [0.1, 0.15) is 27.9 Å². The summed E-state index contributed by atoms with van der Waals surface area (Å²) in [4.78, 5) is 23.2. The van der Waals surface area contributed by atoms with Crippen molar-refractivity contribution in [1.82, 2.24) is 9.97 Å². The van der Waals surface area contributed by atoms with Gasteiger partial charge in [0.1, 0.15) is 0 Å². The average molecular weight is 358 g/mol. The third kappa shape index (κ3) is 3.97. The fourth-order valence-electron chi connectivity index (χ4n) is 3.37. The molecule has 1 aliphatic rings. The molecule has 27 heavy (non-hydrogen) atoms. The number of hydrogen-bond acceptors (Lipinski definition) is 4. The summed E-state index contributed by atoms with van der Waals surface area (Å²) in [5, 5.41) is 3.22. The predicted molar refractivity (Wildman–Crippen MR) is 107 cm³/mol. The lowest BCUT2D eigenvalue weighted by atomic mass is 10.1. The Morgan fingerprint density at radius 3 is 2.56 bits per heavy atom. The van der Waals surface area contributed by atoms with Crippen molar-refractivity contribution in [2.24, 2.45) is 0 Å². The molecule has 5 nitrogen and oxygen atoms in total. The van der Waals surface area contributed by atoms with Gasteiger partial charge in [-0.05, 0) is 36.5 Å². The number of hydrogen-bond donors (Lipinski definition) is 1. The van der Waals surface area contributed by atoms with E-state index in [-0.39, 0.29) is 5.91 Å². The highest BCUT2D eigenvalue weighted by atomic mass is 16.2. The number of fused-ring (bicyclic) bond motifs is 1. The summed E-state index contributed by atoms with van der Waals surface area (Å²) in [6.45, 7) is 1.50. The molecule has 0 aliphatic carbocycles. The SMILES string of the molecule is O=C(c1cnc(NCCCc2ccccc2)nc1)N1CCc2ccccc21. The van der Waals surface area contributed by atoms with Gasteiger partial charge < -0.3 is 10.2 Å². The minimum atomic E-state index is -0.0458. The van der Waals surface area contributed by atoms with Crippen LogP contribution in [-0.2, 0) is 12.8 Å². The number of nitrogens with zero attached hydrogens (tertiary/aromatic N) is 3. The molecular formula is C22H22N4O. The van der Waals surface area contributed by atoms with Gasteiger partial charge in [-0.25, -0.2) is 9.97 Å². The lowest BCUT2D eigenvalue weighted by molar-refractivity contribution is 0.0988. The van der Waals surface area contributed by atoms with Crippen molar-refractivity contribution in [3.63, 3.8) is 0 Å². The molecule has 0 saturated carbocycles. The molecule has 1 amide bonds. The number of carbonyl (C=O) groups is 1. The van der Waals surface area contributed by atoms with Gasteiger partial charge in [0.05, 0.1) is 5.56 Å². The van der Waals surface area contributed by atoms with Crippen molar-refractivity contribution < 1.29 is 4.79 Å². The molecule has 4 rings (SSSR count). The quantitative estimate of drug-likeness (QED) is 0.682. The maximum absolute atomic E-state index is 12.8. The molecule has 1 aromatic heterocycles. The Kier molecular flexibility index (Phi) is 5.10. The topological polar surface area (TPSA) is 58.1 Å². The zero-order valence-corrected chi connectivity index (χ0v) is 15.1. The van der Waals surface area contributed by atoms with Crippen LogP contribution in [0.25, 0.3) is 0 Å². The largest absolute Gasteiger partial charge is 0.354 e. The Bertz CT molecular complexity index is 909. The van der Waals surface area contributed by atoms with E-state index in [1.165, 1.54) is 11.1 Å². The van der Waals surface area contributed by atoms with Crippen LogP contribution in [0.15, 0.2) is 67.0 Å². The lowest BCUT2D eigenvalue weighted by Crippen LogP contribution is -2.29. The first-order chi connectivity index (χ1) is 13.3. The van der Waals surface area contributed by atoms with Crippen molar-refractivity contribution in [1.29, 1.82) is 0 Å². The van der Waals surface area contributed by atoms with Crippen LogP contribution in [0.4, 0.5) is 11.6 Å². The van der Waals surface area contributed by atoms with Gasteiger partial charge in [0.15, 0.2) is 0 Å². The van der Waals surface area contributed by atoms with Gasteiger partial charge in [-0.15, -0.1) is 0 Å². The number of amides is 1. The molecule has 3 aromatic rings. The first-order valence-electron chi connectivity index (χ1n) is 9.31. The van der Waals surface area contributed by atoms with Gasteiger partial charge in [-0.3, -0.25) is 4.79 Å². The molecule has 0 radical (unpaired) electrons. The van der Waals surface area contributed by atoms with Crippen LogP contribution in [0.3, 0.4) is 0 Å². The molecule has 2 aromatic carbocycles. The minimum absolute atomic E-state index is 0.0458. The summed E-state index contributed by atoms with van der Waals surface area (Å²) >= 11 is 0. The average Bonchev–Trinajstić information content (AvgIpc) is 3.16. The summed E-state index contributed by atoms with van der Waals surface area (Å²) in [7, 11) is 0. The molecule has 1 aliphatic heterocycles. The zero-order valence-electron chi connectivity index (χ0n) is 15.1. The molecule has 0 spiro atoms. The maximum Gasteiger partial charge on any atom is 0.261 e. The number of nitrogens with one attached hydrogen (secondary N) is 1. The Balaban J connectivity index is 1.32. The normalized spacial score (nSPS) is 12.7. The lowest BCUT2D eigenvalue weighted by Gasteiger charge is -2.17. The second-order valence-electron chi connectivity index (χ2n) is 6.65. The highest BCUT2D eigenvalue weighted by molar-refractivity contribution is 6.06. The van der Waals surface area contributed by atoms with Crippen LogP contribution in [-0.4, -0.2) is 29.0 Å². The van der Waals surface area contributed by atoms with E-state index in [1.54, 1.807) is 17.3 Å². The number of anilines is 2. The fraction of sp³-hybridized carbons (Fsp3) is 0.227. The minimum Gasteiger partial charge on any atom is -0.354 e. The number of rotatable bonds is 6. The van der Waals surface area contributed by atoms with Gasteiger partial charge in [0.2, 0.25) is 5.95 Å². The number of aromatic nitrogens is 2. The summed E-state index contributed by atoms with van der Waals surface area (Å²) in [5.41, 5.74) is 4.04. The van der Waals surface area contributed by atoms with Crippen molar-refractivity contribution >= 4 is 17.5 Å². The van der Waals surface area contributed by atoms with Gasteiger partial charge in [-0.2, -0.15) is 0 Å². The van der Waals surface area contributed by atoms with Gasteiger partial charge >= 0.3 is 0 Å². The molecule has 136 valence electrons. The van der Waals surface area contributed by atoms with Crippen molar-refractivity contribution in [3.8, 4) is 0 Å². The molecule has 0 fully saturated rings. The van der Waals surface area contributed by atoms with Crippen molar-refractivity contribution in [2.75, 3.05) is 23.3 Å². The molecule has 1 N–H and O–H groups in total. The van der Waals surface area contributed by atoms with E-state index in [0.717, 1.165) is 31.5 Å². The van der Waals surface area contributed by atoms with Gasteiger partial charge in [0.25, 0.3) is 5.91 Å². The van der Waals surface area contributed by atoms with E-state index < -0.39 is 0 Å². The number of benzene rings is 2. The molecule has 5 heteroatoms. The van der Waals surface area contributed by atoms with Gasteiger partial charge in [-0.1, -0.05) is 48.5 Å².